The van der Waals surface area contributed by atoms with Crippen molar-refractivity contribution in [3.63, 3.8) is 0 Å². The van der Waals surface area contributed by atoms with E-state index in [1.54, 1.807) is 6.08 Å². The van der Waals surface area contributed by atoms with Crippen molar-refractivity contribution in [1.82, 2.24) is 0 Å². The van der Waals surface area contributed by atoms with E-state index in [2.05, 4.69) is 45.5 Å². The van der Waals surface area contributed by atoms with Crippen molar-refractivity contribution in [3.05, 3.63) is 23.9 Å². The van der Waals surface area contributed by atoms with Crippen LogP contribution >= 0.6 is 0 Å². The maximum Gasteiger partial charge on any atom is 1.00 e. The Hall–Kier alpha value is 0.786. The van der Waals surface area contributed by atoms with Crippen LogP contribution < -0.4 is 51.4 Å². The van der Waals surface area contributed by atoms with E-state index in [9.17, 15) is 0 Å². The van der Waals surface area contributed by atoms with Gasteiger partial charge in [-0.1, -0.05) is 45.5 Å². The molecule has 0 radical (unpaired) electrons. The third-order valence-electron chi connectivity index (χ3n) is 1.34. The van der Waals surface area contributed by atoms with Crippen LogP contribution in [-0.2, 0) is 0 Å². The first kappa shape index (κ1) is 15.3. The molecule has 0 saturated carbocycles. The third kappa shape index (κ3) is 6.32. The average molecular weight is 189 g/mol. The molecule has 0 saturated heterocycles. The van der Waals surface area contributed by atoms with Gasteiger partial charge in [0.15, 0.2) is 0 Å². The van der Waals surface area contributed by atoms with Gasteiger partial charge in [-0.3, -0.25) is 0 Å². The normalized spacial score (nSPS) is 9.75. The molecule has 0 aromatic carbocycles. The first-order chi connectivity index (χ1) is 5.09. The summed E-state index contributed by atoms with van der Waals surface area (Å²) in [4.78, 5) is 4.15. The van der Waals surface area contributed by atoms with E-state index in [0.717, 1.165) is 5.70 Å². The molecule has 0 aromatic rings. The van der Waals surface area contributed by atoms with Gasteiger partial charge in [-0.25, -0.2) is 0 Å². The predicted molar refractivity (Wildman–Crippen MR) is 50.8 cm³/mol. The number of aliphatic imine (C=N–C) groups is 1. The predicted octanol–water partition coefficient (Wildman–Crippen LogP) is 0.0741. The minimum absolute atomic E-state index is 0. The van der Waals surface area contributed by atoms with Crippen molar-refractivity contribution < 1.29 is 51.4 Å². The van der Waals surface area contributed by atoms with Crippen molar-refractivity contribution >= 4 is 6.21 Å². The summed E-state index contributed by atoms with van der Waals surface area (Å²) in [5.41, 5.74) is 2.35. The van der Waals surface area contributed by atoms with Crippen LogP contribution in [0.5, 0.6) is 0 Å². The van der Waals surface area contributed by atoms with Crippen LogP contribution in [0.25, 0.3) is 0 Å². The van der Waals surface area contributed by atoms with E-state index in [4.69, 9.17) is 0 Å². The molecule has 62 valence electrons. The topological polar surface area (TPSA) is 12.4 Å². The van der Waals surface area contributed by atoms with Crippen molar-refractivity contribution in [2.75, 3.05) is 0 Å². The molecule has 0 rings (SSSR count). The number of rotatable bonds is 3. The van der Waals surface area contributed by atoms with E-state index in [1.165, 1.54) is 5.57 Å². The maximum atomic E-state index is 4.15. The van der Waals surface area contributed by atoms with Crippen LogP contribution in [0.2, 0.25) is 0 Å². The molecule has 0 bridgehead atoms. The number of allylic oxidation sites excluding steroid dienone is 3. The van der Waals surface area contributed by atoms with E-state index >= 15 is 0 Å². The van der Waals surface area contributed by atoms with Gasteiger partial charge in [0.25, 0.3) is 0 Å². The van der Waals surface area contributed by atoms with E-state index in [-0.39, 0.29) is 51.4 Å². The number of hydrogen-bond donors (Lipinski definition) is 0. The van der Waals surface area contributed by atoms with E-state index in [0.29, 0.717) is 5.92 Å². The average Bonchev–Trinajstić information content (AvgIpc) is 1.87. The summed E-state index contributed by atoms with van der Waals surface area (Å²) in [6.45, 7) is 11.9. The maximum absolute atomic E-state index is 4.15. The van der Waals surface area contributed by atoms with Crippen LogP contribution in [0.4, 0.5) is 0 Å². The fourth-order valence-corrected chi connectivity index (χ4v) is 0.933. The van der Waals surface area contributed by atoms with Crippen LogP contribution in [0.3, 0.4) is 0 Å². The zero-order valence-corrected chi connectivity index (χ0v) is 11.9. The van der Waals surface area contributed by atoms with Crippen molar-refractivity contribution in [2.45, 2.75) is 27.7 Å². The van der Waals surface area contributed by atoms with Crippen LogP contribution in [0.15, 0.2) is 28.9 Å². The Kier molecular flexibility index (Phi) is 10.7. The Morgan fingerprint density at radius 3 is 2.17 bits per heavy atom. The molecular weight excluding hydrogens is 173 g/mol. The molecule has 0 spiro atoms. The van der Waals surface area contributed by atoms with Crippen molar-refractivity contribution in [1.29, 1.82) is 0 Å². The van der Waals surface area contributed by atoms with Crippen LogP contribution in [0.1, 0.15) is 27.7 Å². The molecule has 1 nitrogen and oxygen atoms in total. The standard InChI is InChI=1S/C10H16N.K/c1-6-7-11-10(8(2)3)9(4)5;/h6,8H,1H2,2-5H3;/q-1;+1. The molecule has 0 heterocycles. The van der Waals surface area contributed by atoms with Gasteiger partial charge < -0.3 is 4.99 Å². The molecule has 0 amide bonds. The molecule has 0 atom stereocenters. The number of nitrogens with zero attached hydrogens (tertiary/aromatic N) is 1. The summed E-state index contributed by atoms with van der Waals surface area (Å²) in [7, 11) is 0. The third-order valence-corrected chi connectivity index (χ3v) is 1.34. The monoisotopic (exact) mass is 189 g/mol. The second kappa shape index (κ2) is 8.39. The summed E-state index contributed by atoms with van der Waals surface area (Å²) in [6.07, 6.45) is 4.32. The van der Waals surface area contributed by atoms with Gasteiger partial charge in [-0.05, 0) is 0 Å². The molecule has 0 aliphatic carbocycles. The molecule has 0 unspecified atom stereocenters. The molecular formula is C10H16KN. The Labute approximate surface area is 118 Å². The number of hydrogen-bond acceptors (Lipinski definition) is 1. The molecule has 2 heteroatoms. The summed E-state index contributed by atoms with van der Waals surface area (Å²) < 4.78 is 0. The van der Waals surface area contributed by atoms with Gasteiger partial charge in [-0.15, -0.1) is 5.57 Å². The molecule has 0 N–H and O–H groups in total. The van der Waals surface area contributed by atoms with Crippen molar-refractivity contribution in [2.24, 2.45) is 10.9 Å². The Balaban J connectivity index is 0. The minimum Gasteiger partial charge on any atom is -0.390 e. The Morgan fingerprint density at radius 1 is 1.42 bits per heavy atom. The molecule has 0 aliphatic rings. The van der Waals surface area contributed by atoms with E-state index in [1.807, 2.05) is 0 Å². The fraction of sp³-hybridized carbons (Fsp3) is 0.500. The zero-order chi connectivity index (χ0) is 8.85. The Morgan fingerprint density at radius 2 is 1.92 bits per heavy atom. The smallest absolute Gasteiger partial charge is 0.390 e. The summed E-state index contributed by atoms with van der Waals surface area (Å²) in [6, 6.07) is 0. The van der Waals surface area contributed by atoms with E-state index < -0.39 is 0 Å². The van der Waals surface area contributed by atoms with Gasteiger partial charge in [0, 0.05) is 0 Å². The summed E-state index contributed by atoms with van der Waals surface area (Å²) >= 11 is 0. The summed E-state index contributed by atoms with van der Waals surface area (Å²) in [5, 5.41) is 0. The summed E-state index contributed by atoms with van der Waals surface area (Å²) in [5.74, 6) is 0.465. The van der Waals surface area contributed by atoms with Gasteiger partial charge in [0.1, 0.15) is 0 Å². The van der Waals surface area contributed by atoms with Gasteiger partial charge in [-0.2, -0.15) is 12.7 Å². The first-order valence-electron chi connectivity index (χ1n) is 3.84. The van der Waals surface area contributed by atoms with Crippen LogP contribution in [0, 0.1) is 5.92 Å². The van der Waals surface area contributed by atoms with Gasteiger partial charge >= 0.3 is 51.4 Å². The van der Waals surface area contributed by atoms with Crippen molar-refractivity contribution in [3.8, 4) is 0 Å². The first-order valence-corrected chi connectivity index (χ1v) is 3.84. The SMILES string of the molecule is C=C[C-]=NC(=C(C)C)C(C)C.[K+]. The fourth-order valence-electron chi connectivity index (χ4n) is 0.933. The molecule has 0 fully saturated rings. The molecule has 0 aliphatic heterocycles. The van der Waals surface area contributed by atoms with Gasteiger partial charge in [0.2, 0.25) is 0 Å². The van der Waals surface area contributed by atoms with Crippen LogP contribution in [-0.4, -0.2) is 6.21 Å². The minimum atomic E-state index is 0. The van der Waals surface area contributed by atoms with Gasteiger partial charge in [0.05, 0.1) is 0 Å². The zero-order valence-electron chi connectivity index (χ0n) is 8.81. The Bertz CT molecular complexity index is 186. The second-order valence-corrected chi connectivity index (χ2v) is 2.98. The largest absolute Gasteiger partial charge is 1.00 e. The molecule has 12 heavy (non-hydrogen) atoms. The quantitative estimate of drug-likeness (QED) is 0.339. The second-order valence-electron chi connectivity index (χ2n) is 2.98. The molecule has 0 aromatic heterocycles.